The lowest BCUT2D eigenvalue weighted by molar-refractivity contribution is -0.144. The van der Waals surface area contributed by atoms with Crippen molar-refractivity contribution in [3.05, 3.63) is 11.4 Å². The molecule has 6 nitrogen and oxygen atoms in total. The Morgan fingerprint density at radius 1 is 1.55 bits per heavy atom. The summed E-state index contributed by atoms with van der Waals surface area (Å²) in [5.74, 6) is -0.275. The second kappa shape index (κ2) is 6.74. The Kier molecular flexibility index (Phi) is 5.00. The zero-order chi connectivity index (χ0) is 14.5. The van der Waals surface area contributed by atoms with Crippen LogP contribution in [0.5, 0.6) is 0 Å². The SMILES string of the molecule is Cc1nn(CC(=O)OCCCC2CCCO2)c(C)c1N. The second-order valence-corrected chi connectivity index (χ2v) is 5.24. The third-order valence-corrected chi connectivity index (χ3v) is 3.67. The van der Waals surface area contributed by atoms with Crippen molar-refractivity contribution < 1.29 is 14.3 Å². The fourth-order valence-electron chi connectivity index (χ4n) is 2.40. The lowest BCUT2D eigenvalue weighted by atomic mass is 10.1. The van der Waals surface area contributed by atoms with Crippen molar-refractivity contribution in [2.45, 2.75) is 52.2 Å². The molecule has 0 bridgehead atoms. The minimum Gasteiger partial charge on any atom is -0.464 e. The maximum Gasteiger partial charge on any atom is 0.327 e. The summed E-state index contributed by atoms with van der Waals surface area (Å²) in [6.07, 6.45) is 4.42. The van der Waals surface area contributed by atoms with Gasteiger partial charge in [0.1, 0.15) is 6.54 Å². The molecule has 0 amide bonds. The summed E-state index contributed by atoms with van der Waals surface area (Å²) in [6, 6.07) is 0. The van der Waals surface area contributed by atoms with Gasteiger partial charge in [0.25, 0.3) is 0 Å². The highest BCUT2D eigenvalue weighted by atomic mass is 16.5. The van der Waals surface area contributed by atoms with Crippen LogP contribution in [0.3, 0.4) is 0 Å². The van der Waals surface area contributed by atoms with Gasteiger partial charge in [0, 0.05) is 6.61 Å². The van der Waals surface area contributed by atoms with E-state index in [1.165, 1.54) is 0 Å². The molecule has 20 heavy (non-hydrogen) atoms. The standard InChI is InChI=1S/C14H23N3O3/c1-10-14(15)11(2)17(16-10)9-13(18)20-8-4-6-12-5-3-7-19-12/h12H,3-9,15H2,1-2H3. The summed E-state index contributed by atoms with van der Waals surface area (Å²) in [5, 5.41) is 4.21. The minimum atomic E-state index is -0.275. The number of hydrogen-bond donors (Lipinski definition) is 1. The number of esters is 1. The lowest BCUT2D eigenvalue weighted by Gasteiger charge is -2.09. The maximum absolute atomic E-state index is 11.7. The third-order valence-electron chi connectivity index (χ3n) is 3.67. The van der Waals surface area contributed by atoms with Gasteiger partial charge in [-0.1, -0.05) is 0 Å². The Morgan fingerprint density at radius 3 is 2.95 bits per heavy atom. The van der Waals surface area contributed by atoms with Gasteiger partial charge in [-0.3, -0.25) is 9.48 Å². The number of ether oxygens (including phenoxy) is 2. The van der Waals surface area contributed by atoms with Gasteiger partial charge in [-0.25, -0.2) is 0 Å². The van der Waals surface area contributed by atoms with Crippen molar-refractivity contribution >= 4 is 11.7 Å². The van der Waals surface area contributed by atoms with Gasteiger partial charge in [0.05, 0.1) is 29.8 Å². The molecular weight excluding hydrogens is 258 g/mol. The smallest absolute Gasteiger partial charge is 0.327 e. The molecule has 2 N–H and O–H groups in total. The van der Waals surface area contributed by atoms with Crippen molar-refractivity contribution in [1.82, 2.24) is 9.78 Å². The van der Waals surface area contributed by atoms with Gasteiger partial charge >= 0.3 is 5.97 Å². The van der Waals surface area contributed by atoms with E-state index >= 15 is 0 Å². The minimum absolute atomic E-state index is 0.115. The Hall–Kier alpha value is -1.56. The zero-order valence-corrected chi connectivity index (χ0v) is 12.2. The molecule has 1 fully saturated rings. The molecular formula is C14H23N3O3. The Balaban J connectivity index is 1.68. The molecule has 1 aliphatic heterocycles. The summed E-state index contributed by atoms with van der Waals surface area (Å²) in [7, 11) is 0. The molecule has 0 spiro atoms. The first-order valence-corrected chi connectivity index (χ1v) is 7.14. The van der Waals surface area contributed by atoms with Crippen LogP contribution < -0.4 is 5.73 Å². The highest BCUT2D eigenvalue weighted by Gasteiger charge is 2.15. The molecule has 6 heteroatoms. The van der Waals surface area contributed by atoms with E-state index in [1.54, 1.807) is 4.68 Å². The largest absolute Gasteiger partial charge is 0.464 e. The fraction of sp³-hybridized carbons (Fsp3) is 0.714. The molecule has 0 saturated carbocycles. The molecule has 1 unspecified atom stereocenters. The fourth-order valence-corrected chi connectivity index (χ4v) is 2.40. The van der Waals surface area contributed by atoms with E-state index in [-0.39, 0.29) is 12.5 Å². The van der Waals surface area contributed by atoms with E-state index in [2.05, 4.69) is 5.10 Å². The molecule has 112 valence electrons. The molecule has 2 heterocycles. The summed E-state index contributed by atoms with van der Waals surface area (Å²) in [4.78, 5) is 11.7. The van der Waals surface area contributed by atoms with Crippen molar-refractivity contribution in [3.63, 3.8) is 0 Å². The first kappa shape index (κ1) is 14.8. The first-order valence-electron chi connectivity index (χ1n) is 7.14. The van der Waals surface area contributed by atoms with Crippen LogP contribution in [0.25, 0.3) is 0 Å². The molecule has 0 radical (unpaired) electrons. The number of carbonyl (C=O) groups is 1. The Bertz CT molecular complexity index is 464. The number of aromatic nitrogens is 2. The summed E-state index contributed by atoms with van der Waals surface area (Å²) < 4.78 is 12.3. The number of nitrogens with two attached hydrogens (primary N) is 1. The molecule has 1 saturated heterocycles. The van der Waals surface area contributed by atoms with Gasteiger partial charge in [-0.2, -0.15) is 5.10 Å². The highest BCUT2D eigenvalue weighted by Crippen LogP contribution is 2.17. The van der Waals surface area contributed by atoms with Crippen LogP contribution in [0.15, 0.2) is 0 Å². The highest BCUT2D eigenvalue weighted by molar-refractivity contribution is 5.69. The quantitative estimate of drug-likeness (QED) is 0.632. The van der Waals surface area contributed by atoms with Crippen LogP contribution in [0.4, 0.5) is 5.69 Å². The molecule has 0 aromatic carbocycles. The number of rotatable bonds is 6. The molecule has 1 aromatic rings. The van der Waals surface area contributed by atoms with Gasteiger partial charge < -0.3 is 15.2 Å². The second-order valence-electron chi connectivity index (χ2n) is 5.24. The number of anilines is 1. The average Bonchev–Trinajstić information content (AvgIpc) is 3.01. The Labute approximate surface area is 119 Å². The first-order chi connectivity index (χ1) is 9.58. The lowest BCUT2D eigenvalue weighted by Crippen LogP contribution is -2.17. The molecule has 0 aliphatic carbocycles. The van der Waals surface area contributed by atoms with E-state index in [0.717, 1.165) is 43.7 Å². The van der Waals surface area contributed by atoms with Gasteiger partial charge in [0.15, 0.2) is 0 Å². The maximum atomic E-state index is 11.7. The van der Waals surface area contributed by atoms with Crippen molar-refractivity contribution in [2.75, 3.05) is 18.9 Å². The van der Waals surface area contributed by atoms with Crippen LogP contribution in [0.2, 0.25) is 0 Å². The number of nitrogen functional groups attached to an aromatic ring is 1. The summed E-state index contributed by atoms with van der Waals surface area (Å²) in [6.45, 7) is 5.09. The van der Waals surface area contributed by atoms with Crippen molar-refractivity contribution in [2.24, 2.45) is 0 Å². The third kappa shape index (κ3) is 3.72. The average molecular weight is 281 g/mol. The van der Waals surface area contributed by atoms with E-state index in [9.17, 15) is 4.79 Å². The van der Waals surface area contributed by atoms with E-state index in [4.69, 9.17) is 15.2 Å². The number of nitrogens with zero attached hydrogens (tertiary/aromatic N) is 2. The van der Waals surface area contributed by atoms with Crippen LogP contribution in [-0.2, 0) is 20.8 Å². The van der Waals surface area contributed by atoms with Crippen LogP contribution in [0.1, 0.15) is 37.1 Å². The molecule has 2 rings (SSSR count). The van der Waals surface area contributed by atoms with Crippen molar-refractivity contribution in [3.8, 4) is 0 Å². The zero-order valence-electron chi connectivity index (χ0n) is 12.2. The monoisotopic (exact) mass is 281 g/mol. The van der Waals surface area contributed by atoms with Gasteiger partial charge in [-0.15, -0.1) is 0 Å². The topological polar surface area (TPSA) is 79.4 Å². The number of carbonyl (C=O) groups excluding carboxylic acids is 1. The van der Waals surface area contributed by atoms with E-state index in [1.807, 2.05) is 13.8 Å². The molecule has 1 aromatic heterocycles. The predicted molar refractivity (Wildman–Crippen MR) is 75.3 cm³/mol. The van der Waals surface area contributed by atoms with Gasteiger partial charge in [-0.05, 0) is 39.5 Å². The predicted octanol–water partition coefficient (Wildman–Crippen LogP) is 1.58. The normalized spacial score (nSPS) is 18.4. The van der Waals surface area contributed by atoms with Crippen LogP contribution >= 0.6 is 0 Å². The number of aryl methyl sites for hydroxylation is 1. The van der Waals surface area contributed by atoms with Crippen LogP contribution in [-0.4, -0.2) is 35.1 Å². The number of hydrogen-bond acceptors (Lipinski definition) is 5. The van der Waals surface area contributed by atoms with Crippen molar-refractivity contribution in [1.29, 1.82) is 0 Å². The van der Waals surface area contributed by atoms with Gasteiger partial charge in [0.2, 0.25) is 0 Å². The van der Waals surface area contributed by atoms with Crippen LogP contribution in [0, 0.1) is 13.8 Å². The Morgan fingerprint density at radius 2 is 2.35 bits per heavy atom. The molecule has 1 atom stereocenters. The summed E-state index contributed by atoms with van der Waals surface area (Å²) >= 11 is 0. The molecule has 1 aliphatic rings. The summed E-state index contributed by atoms with van der Waals surface area (Å²) in [5.41, 5.74) is 8.00. The van der Waals surface area contributed by atoms with E-state index in [0.29, 0.717) is 18.4 Å². The van der Waals surface area contributed by atoms with E-state index < -0.39 is 0 Å².